The molecule has 0 spiro atoms. The third kappa shape index (κ3) is 5.01. The Kier molecular flexibility index (Phi) is 6.18. The maximum Gasteiger partial charge on any atom is 0.246 e. The van der Waals surface area contributed by atoms with Gasteiger partial charge in [-0.25, -0.2) is 0 Å². The van der Waals surface area contributed by atoms with Gasteiger partial charge in [0.15, 0.2) is 0 Å². The summed E-state index contributed by atoms with van der Waals surface area (Å²) < 4.78 is 5.00. The average Bonchev–Trinajstić information content (AvgIpc) is 2.39. The summed E-state index contributed by atoms with van der Waals surface area (Å²) in [6, 6.07) is 5.21. The number of hydrogen-bond acceptors (Lipinski definition) is 3. The fraction of sp³-hybridized carbons (Fsp3) is 0.467. The Morgan fingerprint density at radius 2 is 2.00 bits per heavy atom. The lowest BCUT2D eigenvalue weighted by Gasteiger charge is -2.16. The van der Waals surface area contributed by atoms with Gasteiger partial charge in [-0.2, -0.15) is 0 Å². The first-order valence-electron chi connectivity index (χ1n) is 6.66. The fourth-order valence-corrected chi connectivity index (χ4v) is 1.82. The van der Waals surface area contributed by atoms with Crippen LogP contribution >= 0.6 is 0 Å². The van der Waals surface area contributed by atoms with Crippen LogP contribution in [0, 0.1) is 13.8 Å². The number of rotatable bonds is 7. The van der Waals surface area contributed by atoms with Gasteiger partial charge in [-0.15, -0.1) is 0 Å². The van der Waals surface area contributed by atoms with Crippen LogP contribution in [-0.2, 0) is 20.7 Å². The van der Waals surface area contributed by atoms with Crippen molar-refractivity contribution in [2.75, 3.05) is 13.2 Å². The Hall–Kier alpha value is -1.88. The lowest BCUT2D eigenvalue weighted by Crippen LogP contribution is -2.47. The van der Waals surface area contributed by atoms with Crippen LogP contribution in [-0.4, -0.2) is 31.1 Å². The molecule has 1 atom stereocenters. The van der Waals surface area contributed by atoms with Crippen LogP contribution in [0.1, 0.15) is 23.6 Å². The molecule has 5 heteroatoms. The van der Waals surface area contributed by atoms with Crippen molar-refractivity contribution in [2.24, 2.45) is 5.73 Å². The van der Waals surface area contributed by atoms with E-state index < -0.39 is 11.9 Å². The molecule has 1 aromatic carbocycles. The smallest absolute Gasteiger partial charge is 0.246 e. The van der Waals surface area contributed by atoms with Gasteiger partial charge in [0.2, 0.25) is 11.8 Å². The molecule has 0 aromatic heterocycles. The third-order valence-corrected chi connectivity index (χ3v) is 3.13. The number of carbonyl (C=O) groups is 2. The quantitative estimate of drug-likeness (QED) is 0.776. The van der Waals surface area contributed by atoms with E-state index in [1.165, 1.54) is 5.56 Å². The number of primary amides is 1. The molecule has 0 fully saturated rings. The van der Waals surface area contributed by atoms with Crippen LogP contribution in [0.5, 0.6) is 0 Å². The van der Waals surface area contributed by atoms with Crippen LogP contribution in [0.4, 0.5) is 0 Å². The van der Waals surface area contributed by atoms with E-state index in [-0.39, 0.29) is 12.5 Å². The van der Waals surface area contributed by atoms with Crippen molar-refractivity contribution in [2.45, 2.75) is 33.2 Å². The molecule has 20 heavy (non-hydrogen) atoms. The summed E-state index contributed by atoms with van der Waals surface area (Å²) in [6.45, 7) is 6.22. The highest BCUT2D eigenvalue weighted by Gasteiger charge is 2.18. The van der Waals surface area contributed by atoms with E-state index in [9.17, 15) is 9.59 Å². The molecular formula is C15H22N2O3. The van der Waals surface area contributed by atoms with Crippen molar-refractivity contribution in [1.29, 1.82) is 0 Å². The van der Waals surface area contributed by atoms with Crippen LogP contribution in [0.15, 0.2) is 18.2 Å². The Labute approximate surface area is 119 Å². The zero-order chi connectivity index (χ0) is 15.1. The topological polar surface area (TPSA) is 81.4 Å². The van der Waals surface area contributed by atoms with Crippen LogP contribution in [0.25, 0.3) is 0 Å². The number of nitrogens with two attached hydrogens (primary N) is 1. The van der Waals surface area contributed by atoms with Crippen molar-refractivity contribution >= 4 is 11.8 Å². The summed E-state index contributed by atoms with van der Waals surface area (Å²) in [5.74, 6) is -0.882. The number of nitrogens with one attached hydrogen (secondary N) is 1. The van der Waals surface area contributed by atoms with Gasteiger partial charge >= 0.3 is 0 Å². The molecule has 0 unspecified atom stereocenters. The first kappa shape index (κ1) is 16.2. The molecule has 5 nitrogen and oxygen atoms in total. The number of carbonyl (C=O) groups excluding carboxylic acids is 2. The summed E-state index contributed by atoms with van der Waals surface area (Å²) >= 11 is 0. The number of amides is 2. The molecule has 0 radical (unpaired) electrons. The zero-order valence-corrected chi connectivity index (χ0v) is 12.2. The molecule has 3 N–H and O–H groups in total. The number of hydrogen-bond donors (Lipinski definition) is 2. The lowest BCUT2D eigenvalue weighted by molar-refractivity contribution is -0.130. The second-order valence-corrected chi connectivity index (χ2v) is 4.78. The Morgan fingerprint density at radius 3 is 2.55 bits per heavy atom. The second-order valence-electron chi connectivity index (χ2n) is 4.78. The molecule has 0 aliphatic heterocycles. The van der Waals surface area contributed by atoms with E-state index >= 15 is 0 Å². The van der Waals surface area contributed by atoms with Crippen molar-refractivity contribution in [3.8, 4) is 0 Å². The lowest BCUT2D eigenvalue weighted by atomic mass is 10.0. The van der Waals surface area contributed by atoms with E-state index in [4.69, 9.17) is 10.5 Å². The molecule has 0 aliphatic rings. The maximum atomic E-state index is 11.6. The van der Waals surface area contributed by atoms with Gasteiger partial charge in [0, 0.05) is 13.0 Å². The van der Waals surface area contributed by atoms with Gasteiger partial charge in [-0.3, -0.25) is 9.59 Å². The van der Waals surface area contributed by atoms with Gasteiger partial charge in [0.1, 0.15) is 12.6 Å². The normalized spacial score (nSPS) is 11.9. The third-order valence-electron chi connectivity index (χ3n) is 3.13. The summed E-state index contributed by atoms with van der Waals surface area (Å²) in [4.78, 5) is 23.0. The van der Waals surface area contributed by atoms with Crippen molar-refractivity contribution in [3.63, 3.8) is 0 Å². The van der Waals surface area contributed by atoms with E-state index in [2.05, 4.69) is 5.32 Å². The van der Waals surface area contributed by atoms with Gasteiger partial charge < -0.3 is 15.8 Å². The molecule has 2 amide bonds. The first-order valence-corrected chi connectivity index (χ1v) is 6.66. The Balaban J connectivity index is 2.69. The van der Waals surface area contributed by atoms with E-state index in [0.717, 1.165) is 11.1 Å². The standard InChI is InChI=1S/C15H22N2O3/c1-4-20-9-14(18)17-13(15(16)19)8-12-6-5-10(2)11(3)7-12/h5-7,13H,4,8-9H2,1-3H3,(H2,16,19)(H,17,18)/t13-/m1/s1. The predicted molar refractivity (Wildman–Crippen MR) is 77.2 cm³/mol. The largest absolute Gasteiger partial charge is 0.372 e. The highest BCUT2D eigenvalue weighted by atomic mass is 16.5. The summed E-state index contributed by atoms with van der Waals surface area (Å²) in [6.07, 6.45) is 0.383. The van der Waals surface area contributed by atoms with Crippen molar-refractivity contribution in [3.05, 3.63) is 34.9 Å². The minimum Gasteiger partial charge on any atom is -0.372 e. The average molecular weight is 278 g/mol. The minimum atomic E-state index is -0.718. The summed E-state index contributed by atoms with van der Waals surface area (Å²) in [7, 11) is 0. The number of ether oxygens (including phenoxy) is 1. The predicted octanol–water partition coefficient (Wildman–Crippen LogP) is 0.853. The van der Waals surface area contributed by atoms with Gasteiger partial charge in [-0.05, 0) is 37.5 Å². The van der Waals surface area contributed by atoms with Gasteiger partial charge in [0.05, 0.1) is 0 Å². The zero-order valence-electron chi connectivity index (χ0n) is 12.2. The number of benzene rings is 1. The monoisotopic (exact) mass is 278 g/mol. The van der Waals surface area contributed by atoms with E-state index in [1.54, 1.807) is 6.92 Å². The highest BCUT2D eigenvalue weighted by molar-refractivity contribution is 5.87. The van der Waals surface area contributed by atoms with E-state index in [1.807, 2.05) is 32.0 Å². The molecule has 0 bridgehead atoms. The molecule has 1 aromatic rings. The molecule has 0 saturated heterocycles. The van der Waals surface area contributed by atoms with Crippen LogP contribution in [0.2, 0.25) is 0 Å². The second kappa shape index (κ2) is 7.65. The molecule has 110 valence electrons. The Bertz CT molecular complexity index is 486. The first-order chi connectivity index (χ1) is 9.43. The molecule has 0 saturated carbocycles. The Morgan fingerprint density at radius 1 is 1.30 bits per heavy atom. The van der Waals surface area contributed by atoms with E-state index in [0.29, 0.717) is 13.0 Å². The maximum absolute atomic E-state index is 11.6. The highest BCUT2D eigenvalue weighted by Crippen LogP contribution is 2.11. The van der Waals surface area contributed by atoms with Gasteiger partial charge in [-0.1, -0.05) is 18.2 Å². The van der Waals surface area contributed by atoms with Crippen LogP contribution in [0.3, 0.4) is 0 Å². The summed E-state index contributed by atoms with van der Waals surface area (Å²) in [5, 5.41) is 2.60. The van der Waals surface area contributed by atoms with Crippen LogP contribution < -0.4 is 11.1 Å². The van der Waals surface area contributed by atoms with Crippen molar-refractivity contribution in [1.82, 2.24) is 5.32 Å². The molecule has 1 rings (SSSR count). The number of aryl methyl sites for hydroxylation is 2. The molecular weight excluding hydrogens is 256 g/mol. The fourth-order valence-electron chi connectivity index (χ4n) is 1.82. The summed E-state index contributed by atoms with van der Waals surface area (Å²) in [5.41, 5.74) is 8.63. The SMILES string of the molecule is CCOCC(=O)N[C@H](Cc1ccc(C)c(C)c1)C(N)=O. The van der Waals surface area contributed by atoms with Gasteiger partial charge in [0.25, 0.3) is 0 Å². The minimum absolute atomic E-state index is 0.0623. The van der Waals surface area contributed by atoms with Crippen molar-refractivity contribution < 1.29 is 14.3 Å². The molecule has 0 aliphatic carbocycles. The molecule has 0 heterocycles.